The molecule has 0 saturated carbocycles. The highest BCUT2D eigenvalue weighted by Gasteiger charge is 2.13. The van der Waals surface area contributed by atoms with Crippen molar-refractivity contribution in [3.05, 3.63) is 45.7 Å². The summed E-state index contributed by atoms with van der Waals surface area (Å²) in [5.74, 6) is -0.221. The van der Waals surface area contributed by atoms with E-state index in [2.05, 4.69) is 21.2 Å². The first kappa shape index (κ1) is 14.0. The maximum absolute atomic E-state index is 12.2. The van der Waals surface area contributed by atoms with E-state index in [0.29, 0.717) is 28.6 Å². The Bertz CT molecular complexity index is 624. The molecule has 4 nitrogen and oxygen atoms in total. The molecule has 0 fully saturated rings. The normalized spacial score (nSPS) is 10.5. The number of nitrogens with one attached hydrogen (secondary N) is 1. The SMILES string of the molecule is CCn1cc(N)cc1C(=O)Nc1cc(Cl)ccc1Br. The highest BCUT2D eigenvalue weighted by atomic mass is 79.9. The lowest BCUT2D eigenvalue weighted by Crippen LogP contribution is -2.16. The number of aromatic nitrogens is 1. The maximum atomic E-state index is 12.2. The maximum Gasteiger partial charge on any atom is 0.272 e. The molecule has 0 aliphatic carbocycles. The number of nitrogens with two attached hydrogens (primary N) is 1. The van der Waals surface area contributed by atoms with Gasteiger partial charge in [-0.1, -0.05) is 11.6 Å². The van der Waals surface area contributed by atoms with Crippen molar-refractivity contribution >= 4 is 44.8 Å². The van der Waals surface area contributed by atoms with Crippen LogP contribution in [0.15, 0.2) is 34.9 Å². The number of halogens is 2. The zero-order valence-electron chi connectivity index (χ0n) is 10.3. The monoisotopic (exact) mass is 341 g/mol. The number of carbonyl (C=O) groups is 1. The fraction of sp³-hybridized carbons (Fsp3) is 0.154. The van der Waals surface area contributed by atoms with E-state index in [1.807, 2.05) is 6.92 Å². The van der Waals surface area contributed by atoms with E-state index in [0.717, 1.165) is 4.47 Å². The lowest BCUT2D eigenvalue weighted by molar-refractivity contribution is 0.101. The number of anilines is 2. The molecule has 0 spiro atoms. The first-order valence-corrected chi connectivity index (χ1v) is 6.90. The lowest BCUT2D eigenvalue weighted by Gasteiger charge is -2.09. The average Bonchev–Trinajstić information content (AvgIpc) is 2.75. The first-order valence-electron chi connectivity index (χ1n) is 5.73. The summed E-state index contributed by atoms with van der Waals surface area (Å²) in [6.45, 7) is 2.63. The van der Waals surface area contributed by atoms with E-state index in [1.165, 1.54) is 0 Å². The van der Waals surface area contributed by atoms with E-state index >= 15 is 0 Å². The summed E-state index contributed by atoms with van der Waals surface area (Å²) < 4.78 is 2.57. The standard InChI is InChI=1S/C13H13BrClN3O/c1-2-18-7-9(16)6-12(18)13(19)17-11-5-8(15)3-4-10(11)14/h3-7H,2,16H2,1H3,(H,17,19). The topological polar surface area (TPSA) is 60.0 Å². The molecule has 2 rings (SSSR count). The van der Waals surface area contributed by atoms with Gasteiger partial charge in [-0.05, 0) is 47.1 Å². The second kappa shape index (κ2) is 5.67. The third-order valence-corrected chi connectivity index (χ3v) is 3.59. The molecule has 1 aromatic carbocycles. The molecule has 0 aliphatic rings. The number of aryl methyl sites for hydroxylation is 1. The zero-order valence-corrected chi connectivity index (χ0v) is 12.6. The third-order valence-electron chi connectivity index (χ3n) is 2.67. The number of carbonyl (C=O) groups excluding carboxylic acids is 1. The van der Waals surface area contributed by atoms with Crippen molar-refractivity contribution in [2.75, 3.05) is 11.1 Å². The molecule has 0 unspecified atom stereocenters. The van der Waals surface area contributed by atoms with Gasteiger partial charge in [0.1, 0.15) is 5.69 Å². The zero-order chi connectivity index (χ0) is 14.0. The number of nitrogens with zero attached hydrogens (tertiary/aromatic N) is 1. The van der Waals surface area contributed by atoms with Crippen molar-refractivity contribution < 1.29 is 4.79 Å². The number of hydrogen-bond donors (Lipinski definition) is 2. The van der Waals surface area contributed by atoms with Gasteiger partial charge in [0.05, 0.1) is 11.4 Å². The predicted molar refractivity (Wildman–Crippen MR) is 81.6 cm³/mol. The van der Waals surface area contributed by atoms with E-state index in [4.69, 9.17) is 17.3 Å². The second-order valence-corrected chi connectivity index (χ2v) is 5.31. The van der Waals surface area contributed by atoms with Crippen molar-refractivity contribution in [1.29, 1.82) is 0 Å². The van der Waals surface area contributed by atoms with Gasteiger partial charge in [-0.25, -0.2) is 0 Å². The van der Waals surface area contributed by atoms with Crippen molar-refractivity contribution in [1.82, 2.24) is 4.57 Å². The van der Waals surface area contributed by atoms with Crippen LogP contribution in [0.3, 0.4) is 0 Å². The van der Waals surface area contributed by atoms with Crippen molar-refractivity contribution in [2.45, 2.75) is 13.5 Å². The molecule has 3 N–H and O–H groups in total. The second-order valence-electron chi connectivity index (χ2n) is 4.02. The van der Waals surface area contributed by atoms with Gasteiger partial charge in [0.2, 0.25) is 0 Å². The summed E-state index contributed by atoms with van der Waals surface area (Å²) in [4.78, 5) is 12.2. The Morgan fingerprint density at radius 2 is 2.21 bits per heavy atom. The highest BCUT2D eigenvalue weighted by molar-refractivity contribution is 9.10. The van der Waals surface area contributed by atoms with Crippen LogP contribution >= 0.6 is 27.5 Å². The minimum Gasteiger partial charge on any atom is -0.397 e. The van der Waals surface area contributed by atoms with Crippen LogP contribution in [0.1, 0.15) is 17.4 Å². The van der Waals surface area contributed by atoms with Crippen molar-refractivity contribution in [3.63, 3.8) is 0 Å². The smallest absolute Gasteiger partial charge is 0.272 e. The molecular formula is C13H13BrClN3O. The van der Waals surface area contributed by atoms with E-state index < -0.39 is 0 Å². The van der Waals surface area contributed by atoms with E-state index in [9.17, 15) is 4.79 Å². The van der Waals surface area contributed by atoms with Gasteiger partial charge in [-0.2, -0.15) is 0 Å². The number of rotatable bonds is 3. The summed E-state index contributed by atoms with van der Waals surface area (Å²) >= 11 is 9.28. The molecule has 0 saturated heterocycles. The summed E-state index contributed by atoms with van der Waals surface area (Å²) in [5.41, 5.74) is 7.42. The molecule has 100 valence electrons. The molecule has 6 heteroatoms. The van der Waals surface area contributed by atoms with Crippen LogP contribution in [0, 0.1) is 0 Å². The molecule has 0 aliphatic heterocycles. The lowest BCUT2D eigenvalue weighted by atomic mass is 10.3. The van der Waals surface area contributed by atoms with Gasteiger partial charge in [0, 0.05) is 22.2 Å². The van der Waals surface area contributed by atoms with Crippen LogP contribution in [0.5, 0.6) is 0 Å². The van der Waals surface area contributed by atoms with E-state index in [1.54, 1.807) is 35.0 Å². The van der Waals surface area contributed by atoms with Crippen LogP contribution in [-0.4, -0.2) is 10.5 Å². The molecule has 1 aromatic heterocycles. The Kier molecular flexibility index (Phi) is 4.17. The highest BCUT2D eigenvalue weighted by Crippen LogP contribution is 2.26. The molecule has 0 atom stereocenters. The predicted octanol–water partition coefficient (Wildman–Crippen LogP) is 3.76. The average molecular weight is 343 g/mol. The molecular weight excluding hydrogens is 330 g/mol. The number of benzene rings is 1. The molecule has 1 heterocycles. The summed E-state index contributed by atoms with van der Waals surface area (Å²) in [5, 5.41) is 3.37. The molecule has 2 aromatic rings. The molecule has 19 heavy (non-hydrogen) atoms. The Morgan fingerprint density at radius 3 is 2.89 bits per heavy atom. The summed E-state index contributed by atoms with van der Waals surface area (Å²) in [6, 6.07) is 6.86. The van der Waals surface area contributed by atoms with Gasteiger partial charge < -0.3 is 15.6 Å². The minimum absolute atomic E-state index is 0.221. The van der Waals surface area contributed by atoms with E-state index in [-0.39, 0.29) is 5.91 Å². The number of hydrogen-bond acceptors (Lipinski definition) is 2. The van der Waals surface area contributed by atoms with Gasteiger partial charge in [0.25, 0.3) is 5.91 Å². The molecule has 0 bridgehead atoms. The molecule has 1 amide bonds. The summed E-state index contributed by atoms with van der Waals surface area (Å²) in [7, 11) is 0. The number of nitrogen functional groups attached to an aromatic ring is 1. The quantitative estimate of drug-likeness (QED) is 0.892. The van der Waals surface area contributed by atoms with Crippen LogP contribution in [0.25, 0.3) is 0 Å². The first-order chi connectivity index (χ1) is 9.01. The van der Waals surface area contributed by atoms with Crippen LogP contribution < -0.4 is 11.1 Å². The number of amides is 1. The Labute approximate surface area is 124 Å². The largest absolute Gasteiger partial charge is 0.397 e. The Balaban J connectivity index is 2.27. The summed E-state index contributed by atoms with van der Waals surface area (Å²) in [6.07, 6.45) is 1.74. The fourth-order valence-electron chi connectivity index (χ4n) is 1.76. The van der Waals surface area contributed by atoms with Gasteiger partial charge in [-0.15, -0.1) is 0 Å². The fourth-order valence-corrected chi connectivity index (χ4v) is 2.28. The van der Waals surface area contributed by atoms with Crippen molar-refractivity contribution in [3.8, 4) is 0 Å². The van der Waals surface area contributed by atoms with Gasteiger partial charge in [0.15, 0.2) is 0 Å². The Morgan fingerprint density at radius 1 is 1.47 bits per heavy atom. The minimum atomic E-state index is -0.221. The molecule has 0 radical (unpaired) electrons. The van der Waals surface area contributed by atoms with Crippen LogP contribution in [0.2, 0.25) is 5.02 Å². The van der Waals surface area contributed by atoms with Gasteiger partial charge >= 0.3 is 0 Å². The van der Waals surface area contributed by atoms with Crippen LogP contribution in [0.4, 0.5) is 11.4 Å². The van der Waals surface area contributed by atoms with Crippen molar-refractivity contribution in [2.24, 2.45) is 0 Å². The van der Waals surface area contributed by atoms with Crippen LogP contribution in [-0.2, 0) is 6.54 Å². The third kappa shape index (κ3) is 3.11. The van der Waals surface area contributed by atoms with Gasteiger partial charge in [-0.3, -0.25) is 4.79 Å². The Hall–Kier alpha value is -1.46.